The van der Waals surface area contributed by atoms with Crippen LogP contribution in [0.3, 0.4) is 0 Å². The predicted molar refractivity (Wildman–Crippen MR) is 74.2 cm³/mol. The van der Waals surface area contributed by atoms with Crippen LogP contribution in [0.4, 0.5) is 5.82 Å². The molecule has 1 aromatic rings. The molecule has 1 rings (SSSR count). The van der Waals surface area contributed by atoms with E-state index in [2.05, 4.69) is 24.1 Å². The van der Waals surface area contributed by atoms with Gasteiger partial charge in [-0.25, -0.2) is 0 Å². The highest BCUT2D eigenvalue weighted by molar-refractivity contribution is 5.37. The minimum absolute atomic E-state index is 0.180. The van der Waals surface area contributed by atoms with Crippen molar-refractivity contribution in [3.05, 3.63) is 18.2 Å². The second kappa shape index (κ2) is 7.21. The van der Waals surface area contributed by atoms with Crippen LogP contribution in [0.5, 0.6) is 5.88 Å². The number of methoxy groups -OCH3 is 1. The minimum Gasteiger partial charge on any atom is -0.478 e. The fraction of sp³-hybridized carbons (Fsp3) is 0.643. The highest BCUT2D eigenvalue weighted by Gasteiger charge is 2.17. The summed E-state index contributed by atoms with van der Waals surface area (Å²) in [5, 5.41) is 3.35. The highest BCUT2D eigenvalue weighted by atomic mass is 16.5. The molecule has 0 amide bonds. The number of rotatable bonds is 8. The Labute approximate surface area is 110 Å². The van der Waals surface area contributed by atoms with Gasteiger partial charge in [-0.1, -0.05) is 19.9 Å². The second-order valence-electron chi connectivity index (χ2n) is 5.05. The molecule has 1 heterocycles. The molecular formula is C14H24N2O2. The van der Waals surface area contributed by atoms with Crippen molar-refractivity contribution in [3.8, 4) is 5.88 Å². The first-order valence-electron chi connectivity index (χ1n) is 6.40. The Balaban J connectivity index is 2.49. The average Bonchev–Trinajstić information content (AvgIpc) is 2.35. The molecule has 0 unspecified atom stereocenters. The van der Waals surface area contributed by atoms with Crippen molar-refractivity contribution in [3.63, 3.8) is 0 Å². The lowest BCUT2D eigenvalue weighted by atomic mass is 9.90. The lowest BCUT2D eigenvalue weighted by Crippen LogP contribution is -2.25. The largest absolute Gasteiger partial charge is 0.478 e. The lowest BCUT2D eigenvalue weighted by molar-refractivity contribution is 0.157. The van der Waals surface area contributed by atoms with Crippen LogP contribution in [0.25, 0.3) is 0 Å². The number of ether oxygens (including phenoxy) is 2. The Morgan fingerprint density at radius 2 is 2.11 bits per heavy atom. The van der Waals surface area contributed by atoms with E-state index in [1.54, 1.807) is 7.11 Å². The molecule has 0 aromatic carbocycles. The van der Waals surface area contributed by atoms with Crippen LogP contribution < -0.4 is 10.1 Å². The van der Waals surface area contributed by atoms with Crippen molar-refractivity contribution >= 4 is 5.82 Å². The second-order valence-corrected chi connectivity index (χ2v) is 5.05. The summed E-state index contributed by atoms with van der Waals surface area (Å²) < 4.78 is 10.5. The number of nitrogens with zero attached hydrogens (tertiary/aromatic N) is 1. The van der Waals surface area contributed by atoms with E-state index in [0.717, 1.165) is 25.4 Å². The fourth-order valence-electron chi connectivity index (χ4n) is 1.54. The van der Waals surface area contributed by atoms with Gasteiger partial charge in [-0.2, -0.15) is 4.98 Å². The van der Waals surface area contributed by atoms with Gasteiger partial charge >= 0.3 is 0 Å². The number of hydrogen-bond acceptors (Lipinski definition) is 4. The summed E-state index contributed by atoms with van der Waals surface area (Å²) in [4.78, 5) is 4.38. The maximum Gasteiger partial charge on any atom is 0.215 e. The Bertz CT molecular complexity index is 353. The molecule has 1 aromatic heterocycles. The SMILES string of the molecule is CCOc1cccc(NCC(C)(C)CCOC)n1. The van der Waals surface area contributed by atoms with Crippen LogP contribution in [-0.2, 0) is 4.74 Å². The van der Waals surface area contributed by atoms with E-state index in [1.807, 2.05) is 25.1 Å². The monoisotopic (exact) mass is 252 g/mol. The number of pyridine rings is 1. The molecule has 0 atom stereocenters. The van der Waals surface area contributed by atoms with Crippen LogP contribution in [-0.4, -0.2) is 31.9 Å². The zero-order chi connectivity index (χ0) is 13.4. The Hall–Kier alpha value is -1.29. The maximum atomic E-state index is 5.37. The summed E-state index contributed by atoms with van der Waals surface area (Å²) in [7, 11) is 1.73. The molecule has 0 saturated heterocycles. The molecule has 102 valence electrons. The van der Waals surface area contributed by atoms with Gasteiger partial charge in [0.15, 0.2) is 0 Å². The van der Waals surface area contributed by atoms with E-state index in [-0.39, 0.29) is 5.41 Å². The van der Waals surface area contributed by atoms with Crippen LogP contribution in [0.1, 0.15) is 27.2 Å². The summed E-state index contributed by atoms with van der Waals surface area (Å²) in [6.07, 6.45) is 1.02. The quantitative estimate of drug-likeness (QED) is 0.772. The third-order valence-electron chi connectivity index (χ3n) is 2.75. The molecule has 1 N–H and O–H groups in total. The molecule has 0 spiro atoms. The van der Waals surface area contributed by atoms with Crippen molar-refractivity contribution in [1.82, 2.24) is 4.98 Å². The first-order chi connectivity index (χ1) is 8.57. The number of hydrogen-bond donors (Lipinski definition) is 1. The lowest BCUT2D eigenvalue weighted by Gasteiger charge is -2.24. The van der Waals surface area contributed by atoms with Gasteiger partial charge < -0.3 is 14.8 Å². The summed E-state index contributed by atoms with van der Waals surface area (Å²) in [5.41, 5.74) is 0.180. The van der Waals surface area contributed by atoms with Crippen molar-refractivity contribution in [1.29, 1.82) is 0 Å². The van der Waals surface area contributed by atoms with Crippen molar-refractivity contribution in [2.75, 3.05) is 32.2 Å². The van der Waals surface area contributed by atoms with Crippen LogP contribution in [0, 0.1) is 5.41 Å². The molecule has 0 saturated carbocycles. The molecule has 0 fully saturated rings. The van der Waals surface area contributed by atoms with E-state index < -0.39 is 0 Å². The van der Waals surface area contributed by atoms with Gasteiger partial charge in [-0.3, -0.25) is 0 Å². The van der Waals surface area contributed by atoms with Gasteiger partial charge in [-0.05, 0) is 24.8 Å². The number of nitrogens with one attached hydrogen (secondary N) is 1. The van der Waals surface area contributed by atoms with E-state index in [4.69, 9.17) is 9.47 Å². The Kier molecular flexibility index (Phi) is 5.92. The third kappa shape index (κ3) is 5.36. The van der Waals surface area contributed by atoms with Gasteiger partial charge in [0.05, 0.1) is 6.61 Å². The Morgan fingerprint density at radius 3 is 2.78 bits per heavy atom. The van der Waals surface area contributed by atoms with Gasteiger partial charge in [0.1, 0.15) is 5.82 Å². The number of anilines is 1. The average molecular weight is 252 g/mol. The predicted octanol–water partition coefficient (Wildman–Crippen LogP) is 2.95. The van der Waals surface area contributed by atoms with Gasteiger partial charge in [0, 0.05) is 26.3 Å². The molecule has 0 aliphatic carbocycles. The zero-order valence-electron chi connectivity index (χ0n) is 11.8. The van der Waals surface area contributed by atoms with Crippen molar-refractivity contribution in [2.24, 2.45) is 5.41 Å². The molecular weight excluding hydrogens is 228 g/mol. The molecule has 0 bridgehead atoms. The molecule has 18 heavy (non-hydrogen) atoms. The van der Waals surface area contributed by atoms with Crippen LogP contribution in [0.15, 0.2) is 18.2 Å². The molecule has 0 aliphatic heterocycles. The maximum absolute atomic E-state index is 5.37. The van der Waals surface area contributed by atoms with Gasteiger partial charge in [0.2, 0.25) is 5.88 Å². The van der Waals surface area contributed by atoms with Crippen molar-refractivity contribution < 1.29 is 9.47 Å². The number of aromatic nitrogens is 1. The first kappa shape index (κ1) is 14.8. The highest BCUT2D eigenvalue weighted by Crippen LogP contribution is 2.21. The molecule has 4 nitrogen and oxygen atoms in total. The van der Waals surface area contributed by atoms with Crippen LogP contribution in [0.2, 0.25) is 0 Å². The summed E-state index contributed by atoms with van der Waals surface area (Å²) in [5.74, 6) is 1.52. The van der Waals surface area contributed by atoms with Gasteiger partial charge in [-0.15, -0.1) is 0 Å². The fourth-order valence-corrected chi connectivity index (χ4v) is 1.54. The van der Waals surface area contributed by atoms with Gasteiger partial charge in [0.25, 0.3) is 0 Å². The summed E-state index contributed by atoms with van der Waals surface area (Å²) >= 11 is 0. The topological polar surface area (TPSA) is 43.4 Å². The summed E-state index contributed by atoms with van der Waals surface area (Å²) in [6, 6.07) is 5.77. The zero-order valence-corrected chi connectivity index (χ0v) is 11.8. The van der Waals surface area contributed by atoms with E-state index in [0.29, 0.717) is 12.5 Å². The minimum atomic E-state index is 0.180. The van der Waals surface area contributed by atoms with Crippen LogP contribution >= 0.6 is 0 Å². The van der Waals surface area contributed by atoms with Crippen molar-refractivity contribution in [2.45, 2.75) is 27.2 Å². The van der Waals surface area contributed by atoms with E-state index in [9.17, 15) is 0 Å². The molecule has 0 radical (unpaired) electrons. The summed E-state index contributed by atoms with van der Waals surface area (Å²) in [6.45, 7) is 8.66. The smallest absolute Gasteiger partial charge is 0.215 e. The molecule has 4 heteroatoms. The third-order valence-corrected chi connectivity index (χ3v) is 2.75. The normalized spacial score (nSPS) is 11.3. The van der Waals surface area contributed by atoms with E-state index in [1.165, 1.54) is 0 Å². The first-order valence-corrected chi connectivity index (χ1v) is 6.40. The Morgan fingerprint density at radius 1 is 1.33 bits per heavy atom. The standard InChI is InChI=1S/C14H24N2O2/c1-5-18-13-8-6-7-12(16-13)15-11-14(2,3)9-10-17-4/h6-8H,5,9-11H2,1-4H3,(H,15,16). The van der Waals surface area contributed by atoms with E-state index >= 15 is 0 Å². The molecule has 0 aliphatic rings.